The molecule has 4 aromatic rings. The van der Waals surface area contributed by atoms with Crippen LogP contribution >= 0.6 is 23.1 Å². The number of hydrogen-bond donors (Lipinski definition) is 3. The highest BCUT2D eigenvalue weighted by atomic mass is 32.2. The topological polar surface area (TPSA) is 86.2 Å². The molecule has 0 saturated carbocycles. The molecular formula is C25H28N6OS2. The molecular weight excluding hydrogens is 464 g/mol. The first-order valence-electron chi connectivity index (χ1n) is 11.5. The summed E-state index contributed by atoms with van der Waals surface area (Å²) in [7, 11) is 0. The summed E-state index contributed by atoms with van der Waals surface area (Å²) >= 11 is 3.46. The van der Waals surface area contributed by atoms with Crippen molar-refractivity contribution >= 4 is 62.3 Å². The number of aromatic nitrogens is 3. The third-order valence-electron chi connectivity index (χ3n) is 5.60. The lowest BCUT2D eigenvalue weighted by molar-refractivity contribution is 0.145. The number of thiophene rings is 1. The molecule has 0 unspecified atom stereocenters. The number of nitrogens with zero attached hydrogens (tertiary/aromatic N) is 4. The molecule has 1 saturated heterocycles. The summed E-state index contributed by atoms with van der Waals surface area (Å²) in [5.74, 6) is 2.24. The molecule has 3 aromatic heterocycles. The monoisotopic (exact) mass is 492 g/mol. The average molecular weight is 493 g/mol. The highest BCUT2D eigenvalue weighted by Gasteiger charge is 2.18. The fourth-order valence-electron chi connectivity index (χ4n) is 3.93. The number of nitrogens with one attached hydrogen (secondary N) is 2. The minimum absolute atomic E-state index is 0.194. The number of anilines is 5. The summed E-state index contributed by atoms with van der Waals surface area (Å²) in [6.45, 7) is 6.04. The zero-order valence-corrected chi connectivity index (χ0v) is 20.9. The molecule has 0 radical (unpaired) electrons. The van der Waals surface area contributed by atoms with Crippen LogP contribution in [0, 0.1) is 0 Å². The van der Waals surface area contributed by atoms with Gasteiger partial charge in [0.2, 0.25) is 5.95 Å². The molecule has 4 heterocycles. The molecule has 1 aliphatic heterocycles. The fourth-order valence-corrected chi connectivity index (χ4v) is 5.62. The fraction of sp³-hybridized carbons (Fsp3) is 0.320. The molecule has 0 aliphatic carbocycles. The Balaban J connectivity index is 1.37. The maximum absolute atomic E-state index is 9.73. The number of benzene rings is 1. The van der Waals surface area contributed by atoms with E-state index in [0.29, 0.717) is 11.2 Å². The van der Waals surface area contributed by atoms with Gasteiger partial charge in [-0.2, -0.15) is 4.98 Å². The van der Waals surface area contributed by atoms with E-state index in [1.807, 2.05) is 47.6 Å². The van der Waals surface area contributed by atoms with Crippen molar-refractivity contribution in [1.29, 1.82) is 0 Å². The minimum Gasteiger partial charge on any atom is -0.393 e. The second kappa shape index (κ2) is 10.2. The minimum atomic E-state index is -0.194. The Morgan fingerprint density at radius 1 is 1.06 bits per heavy atom. The molecule has 1 aliphatic rings. The first kappa shape index (κ1) is 22.9. The molecule has 0 bridgehead atoms. The quantitative estimate of drug-likeness (QED) is 0.269. The van der Waals surface area contributed by atoms with Crippen LogP contribution in [0.1, 0.15) is 26.7 Å². The molecule has 0 amide bonds. The number of rotatable bonds is 7. The van der Waals surface area contributed by atoms with Crippen LogP contribution in [-0.2, 0) is 0 Å². The summed E-state index contributed by atoms with van der Waals surface area (Å²) in [6.07, 6.45) is 3.18. The van der Waals surface area contributed by atoms with Crippen molar-refractivity contribution < 1.29 is 5.11 Å². The second-order valence-corrected chi connectivity index (χ2v) is 11.1. The molecule has 0 atom stereocenters. The van der Waals surface area contributed by atoms with Crippen molar-refractivity contribution in [2.45, 2.75) is 42.9 Å². The number of piperidine rings is 1. The number of para-hydroxylation sites is 1. The Kier molecular flexibility index (Phi) is 6.85. The van der Waals surface area contributed by atoms with Gasteiger partial charge in [-0.3, -0.25) is 0 Å². The maximum Gasteiger partial charge on any atom is 0.229 e. The van der Waals surface area contributed by atoms with Crippen molar-refractivity contribution in [2.75, 3.05) is 28.6 Å². The van der Waals surface area contributed by atoms with E-state index in [1.165, 1.54) is 4.90 Å². The van der Waals surface area contributed by atoms with Crippen molar-refractivity contribution in [3.8, 4) is 0 Å². The van der Waals surface area contributed by atoms with Gasteiger partial charge in [0.25, 0.3) is 0 Å². The number of pyridine rings is 1. The molecule has 3 N–H and O–H groups in total. The SMILES string of the molecule is CC(C)Sc1ccccc1Nc1nc(Nc2ccc(N3CCC(O)CC3)nc2)nc2ccsc12. The van der Waals surface area contributed by atoms with E-state index < -0.39 is 0 Å². The van der Waals surface area contributed by atoms with Crippen LogP contribution in [0.25, 0.3) is 10.2 Å². The van der Waals surface area contributed by atoms with E-state index in [9.17, 15) is 5.11 Å². The summed E-state index contributed by atoms with van der Waals surface area (Å²) in [5, 5.41) is 19.1. The van der Waals surface area contributed by atoms with Crippen LogP contribution in [0.3, 0.4) is 0 Å². The van der Waals surface area contributed by atoms with Crippen LogP contribution < -0.4 is 15.5 Å². The van der Waals surface area contributed by atoms with Gasteiger partial charge >= 0.3 is 0 Å². The standard InChI is InChI=1S/C25H28N6OS2/c1-16(2)34-21-6-4-3-5-19(21)28-24-23-20(11-14-33-23)29-25(30-24)27-17-7-8-22(26-15-17)31-12-9-18(32)10-13-31/h3-8,11,14-16,18,32H,9-10,12-13H2,1-2H3,(H2,27,28,29,30). The summed E-state index contributed by atoms with van der Waals surface area (Å²) in [5.41, 5.74) is 2.77. The van der Waals surface area contributed by atoms with Crippen LogP contribution in [0.2, 0.25) is 0 Å². The van der Waals surface area contributed by atoms with Gasteiger partial charge in [0.15, 0.2) is 5.82 Å². The Labute approximate surface area is 207 Å². The Morgan fingerprint density at radius 2 is 1.88 bits per heavy atom. The van der Waals surface area contributed by atoms with E-state index in [1.54, 1.807) is 11.3 Å². The smallest absolute Gasteiger partial charge is 0.229 e. The van der Waals surface area contributed by atoms with Crippen LogP contribution in [0.15, 0.2) is 58.9 Å². The molecule has 1 fully saturated rings. The maximum atomic E-state index is 9.73. The summed E-state index contributed by atoms with van der Waals surface area (Å²) in [4.78, 5) is 17.5. The first-order valence-corrected chi connectivity index (χ1v) is 13.2. The molecule has 7 nitrogen and oxygen atoms in total. The molecule has 34 heavy (non-hydrogen) atoms. The van der Waals surface area contributed by atoms with Crippen molar-refractivity contribution in [3.63, 3.8) is 0 Å². The van der Waals surface area contributed by atoms with Crippen LogP contribution in [0.5, 0.6) is 0 Å². The second-order valence-electron chi connectivity index (χ2n) is 8.57. The van der Waals surface area contributed by atoms with Gasteiger partial charge in [0.1, 0.15) is 5.82 Å². The van der Waals surface area contributed by atoms with Gasteiger partial charge < -0.3 is 20.6 Å². The molecule has 0 spiro atoms. The van der Waals surface area contributed by atoms with Gasteiger partial charge in [-0.1, -0.05) is 26.0 Å². The number of aliphatic hydroxyl groups excluding tert-OH is 1. The van der Waals surface area contributed by atoms with Crippen molar-refractivity contribution in [2.24, 2.45) is 0 Å². The summed E-state index contributed by atoms with van der Waals surface area (Å²) in [6, 6.07) is 14.3. The van der Waals surface area contributed by atoms with Crippen LogP contribution in [-0.4, -0.2) is 44.5 Å². The zero-order valence-electron chi connectivity index (χ0n) is 19.2. The number of hydrogen-bond acceptors (Lipinski definition) is 9. The lowest BCUT2D eigenvalue weighted by Crippen LogP contribution is -2.36. The molecule has 9 heteroatoms. The Bertz CT molecular complexity index is 1250. The lowest BCUT2D eigenvalue weighted by atomic mass is 10.1. The van der Waals surface area contributed by atoms with E-state index in [2.05, 4.69) is 52.6 Å². The summed E-state index contributed by atoms with van der Waals surface area (Å²) < 4.78 is 1.02. The normalized spacial score (nSPS) is 14.6. The van der Waals surface area contributed by atoms with Crippen molar-refractivity contribution in [1.82, 2.24) is 15.0 Å². The predicted molar refractivity (Wildman–Crippen MR) is 143 cm³/mol. The third kappa shape index (κ3) is 5.27. The van der Waals surface area contributed by atoms with Crippen molar-refractivity contribution in [3.05, 3.63) is 54.0 Å². The Morgan fingerprint density at radius 3 is 2.65 bits per heavy atom. The van der Waals surface area contributed by atoms with Gasteiger partial charge in [0, 0.05) is 23.2 Å². The van der Waals surface area contributed by atoms with Gasteiger partial charge in [0.05, 0.1) is 33.9 Å². The molecule has 176 valence electrons. The van der Waals surface area contributed by atoms with E-state index >= 15 is 0 Å². The number of fused-ring (bicyclic) bond motifs is 1. The van der Waals surface area contributed by atoms with Gasteiger partial charge in [-0.05, 0) is 48.6 Å². The predicted octanol–water partition coefficient (Wildman–Crippen LogP) is 6.04. The molecule has 5 rings (SSSR count). The Hall–Kier alpha value is -2.88. The molecule has 1 aromatic carbocycles. The highest BCUT2D eigenvalue weighted by Crippen LogP contribution is 2.35. The van der Waals surface area contributed by atoms with E-state index in [4.69, 9.17) is 9.97 Å². The first-order chi connectivity index (χ1) is 16.5. The zero-order chi connectivity index (χ0) is 23.5. The van der Waals surface area contributed by atoms with Gasteiger partial charge in [-0.15, -0.1) is 23.1 Å². The average Bonchev–Trinajstić information content (AvgIpc) is 3.30. The van der Waals surface area contributed by atoms with Crippen LogP contribution in [0.4, 0.5) is 29.0 Å². The number of thioether (sulfide) groups is 1. The lowest BCUT2D eigenvalue weighted by Gasteiger charge is -2.30. The largest absolute Gasteiger partial charge is 0.393 e. The van der Waals surface area contributed by atoms with E-state index in [0.717, 1.165) is 59.2 Å². The van der Waals surface area contributed by atoms with Gasteiger partial charge in [-0.25, -0.2) is 9.97 Å². The van der Waals surface area contributed by atoms with E-state index in [-0.39, 0.29) is 6.10 Å². The third-order valence-corrected chi connectivity index (χ3v) is 7.59. The highest BCUT2D eigenvalue weighted by molar-refractivity contribution is 8.00. The number of aliphatic hydroxyl groups is 1.